The van der Waals surface area contributed by atoms with Crippen molar-refractivity contribution in [2.45, 2.75) is 44.6 Å². The normalized spacial score (nSPS) is 12.1. The van der Waals surface area contributed by atoms with E-state index in [1.54, 1.807) is 33.5 Å². The first kappa shape index (κ1) is 46.1. The van der Waals surface area contributed by atoms with Gasteiger partial charge in [-0.15, -0.1) is 0 Å². The molecule has 4 aromatic carbocycles. The van der Waals surface area contributed by atoms with E-state index in [0.29, 0.717) is 39.7 Å². The van der Waals surface area contributed by atoms with Crippen molar-refractivity contribution in [1.82, 2.24) is 19.9 Å². The topological polar surface area (TPSA) is 163 Å². The Labute approximate surface area is 362 Å². The van der Waals surface area contributed by atoms with Crippen LogP contribution in [0, 0.1) is 0 Å². The SMILES string of the molecule is COc1ncc(C(=O)c2cc(OC)c(OC)cc2C(C)Cc2ccccc2)c(OC)n1.COc1ncc(C(O)c2cc(OC)c(OC)cc2C(C)Cc2ccccc2)c(OC)n1. The van der Waals surface area contributed by atoms with Crippen LogP contribution in [0.15, 0.2) is 97.3 Å². The van der Waals surface area contributed by atoms with Gasteiger partial charge in [0.05, 0.1) is 62.4 Å². The molecule has 6 aromatic rings. The summed E-state index contributed by atoms with van der Waals surface area (Å²) in [5.74, 6) is 2.41. The Balaban J connectivity index is 0.000000234. The molecule has 14 heteroatoms. The number of benzene rings is 4. The van der Waals surface area contributed by atoms with E-state index in [-0.39, 0.29) is 47.0 Å². The van der Waals surface area contributed by atoms with Gasteiger partial charge >= 0.3 is 12.0 Å². The van der Waals surface area contributed by atoms with E-state index in [2.05, 4.69) is 58.0 Å². The van der Waals surface area contributed by atoms with Gasteiger partial charge in [-0.05, 0) is 76.8 Å². The van der Waals surface area contributed by atoms with Crippen LogP contribution in [0.25, 0.3) is 0 Å². The van der Waals surface area contributed by atoms with Gasteiger partial charge in [0.1, 0.15) is 11.7 Å². The molecule has 0 saturated carbocycles. The largest absolute Gasteiger partial charge is 0.493 e. The summed E-state index contributed by atoms with van der Waals surface area (Å²) in [6.45, 7) is 4.19. The number of nitrogens with zero attached hydrogens (tertiary/aromatic N) is 4. The van der Waals surface area contributed by atoms with Crippen molar-refractivity contribution >= 4 is 5.78 Å². The summed E-state index contributed by atoms with van der Waals surface area (Å²) in [6.07, 6.45) is 3.44. The minimum absolute atomic E-state index is 0.0336. The van der Waals surface area contributed by atoms with E-state index in [9.17, 15) is 9.90 Å². The standard InChI is InChI=1S/C24H28N2O5.C24H26N2O5/c2*1-15(11-16-9-7-6-8-10-16)17-12-20(28-2)21(29-3)13-18(17)22(27)19-14-25-24(31-5)26-23(19)30-4/h6-10,12-15,22,27H,11H2,1-5H3;6-10,12-15H,11H2,1-5H3. The molecule has 326 valence electrons. The van der Waals surface area contributed by atoms with Crippen LogP contribution in [0.2, 0.25) is 0 Å². The van der Waals surface area contributed by atoms with Crippen LogP contribution in [0.4, 0.5) is 0 Å². The molecule has 2 heterocycles. The summed E-state index contributed by atoms with van der Waals surface area (Å²) >= 11 is 0. The number of hydrogen-bond acceptors (Lipinski definition) is 14. The number of aliphatic hydroxyl groups is 1. The zero-order valence-corrected chi connectivity index (χ0v) is 36.8. The second-order valence-corrected chi connectivity index (χ2v) is 14.1. The summed E-state index contributed by atoms with van der Waals surface area (Å²) in [5.41, 5.74) is 5.98. The molecular formula is C48H54N4O10. The van der Waals surface area contributed by atoms with Crippen molar-refractivity contribution in [3.63, 3.8) is 0 Å². The second kappa shape index (κ2) is 22.1. The van der Waals surface area contributed by atoms with Gasteiger partial charge in [0.2, 0.25) is 11.8 Å². The highest BCUT2D eigenvalue weighted by molar-refractivity contribution is 6.11. The molecule has 0 spiro atoms. The number of rotatable bonds is 18. The van der Waals surface area contributed by atoms with Gasteiger partial charge in [-0.3, -0.25) is 4.79 Å². The third-order valence-electron chi connectivity index (χ3n) is 10.3. The van der Waals surface area contributed by atoms with Crippen LogP contribution in [-0.2, 0) is 12.8 Å². The Morgan fingerprint density at radius 2 is 0.935 bits per heavy atom. The third kappa shape index (κ3) is 10.9. The third-order valence-corrected chi connectivity index (χ3v) is 10.3. The molecule has 1 N–H and O–H groups in total. The lowest BCUT2D eigenvalue weighted by Gasteiger charge is -2.23. The lowest BCUT2D eigenvalue weighted by molar-refractivity contribution is 0.103. The Kier molecular flexibility index (Phi) is 16.4. The smallest absolute Gasteiger partial charge is 0.319 e. The highest BCUT2D eigenvalue weighted by Crippen LogP contribution is 2.41. The molecule has 0 aliphatic rings. The molecule has 0 saturated heterocycles. The summed E-state index contributed by atoms with van der Waals surface area (Å²) in [5, 5.41) is 11.3. The quantitative estimate of drug-likeness (QED) is 0.0828. The molecule has 0 aliphatic carbocycles. The molecule has 14 nitrogen and oxygen atoms in total. The molecule has 3 atom stereocenters. The van der Waals surface area contributed by atoms with Gasteiger partial charge in [-0.25, -0.2) is 9.97 Å². The number of carbonyl (C=O) groups excluding carboxylic acids is 1. The van der Waals surface area contributed by atoms with Crippen molar-refractivity contribution in [2.75, 3.05) is 56.9 Å². The van der Waals surface area contributed by atoms with Crippen LogP contribution in [0.3, 0.4) is 0 Å². The molecular weight excluding hydrogens is 793 g/mol. The Morgan fingerprint density at radius 1 is 0.500 bits per heavy atom. The molecule has 3 unspecified atom stereocenters. The van der Waals surface area contributed by atoms with E-state index < -0.39 is 6.10 Å². The molecule has 0 fully saturated rings. The first-order valence-corrected chi connectivity index (χ1v) is 19.8. The predicted octanol–water partition coefficient (Wildman–Crippen LogP) is 8.03. The zero-order valence-electron chi connectivity index (χ0n) is 36.8. The van der Waals surface area contributed by atoms with E-state index in [4.69, 9.17) is 37.9 Å². The molecule has 2 aromatic heterocycles. The fourth-order valence-corrected chi connectivity index (χ4v) is 7.11. The van der Waals surface area contributed by atoms with Crippen molar-refractivity contribution in [1.29, 1.82) is 0 Å². The Morgan fingerprint density at radius 3 is 1.42 bits per heavy atom. The van der Waals surface area contributed by atoms with E-state index in [1.165, 1.54) is 59.1 Å². The van der Waals surface area contributed by atoms with Gasteiger partial charge < -0.3 is 43.0 Å². The first-order chi connectivity index (χ1) is 30.0. The maximum absolute atomic E-state index is 13.6. The lowest BCUT2D eigenvalue weighted by atomic mass is 9.86. The summed E-state index contributed by atoms with van der Waals surface area (Å²) in [6, 6.07) is 27.9. The molecule has 0 radical (unpaired) electrons. The summed E-state index contributed by atoms with van der Waals surface area (Å²) < 4.78 is 42.8. The van der Waals surface area contributed by atoms with Gasteiger partial charge in [-0.2, -0.15) is 9.97 Å². The predicted molar refractivity (Wildman–Crippen MR) is 234 cm³/mol. The number of carbonyl (C=O) groups is 1. The number of aliphatic hydroxyl groups excluding tert-OH is 1. The molecule has 62 heavy (non-hydrogen) atoms. The number of ketones is 1. The van der Waals surface area contributed by atoms with Crippen LogP contribution in [0.5, 0.6) is 46.8 Å². The fourth-order valence-electron chi connectivity index (χ4n) is 7.11. The van der Waals surface area contributed by atoms with E-state index in [0.717, 1.165) is 24.0 Å². The van der Waals surface area contributed by atoms with Gasteiger partial charge in [0, 0.05) is 18.0 Å². The minimum atomic E-state index is -1.03. The highest BCUT2D eigenvalue weighted by atomic mass is 16.5. The monoisotopic (exact) mass is 846 g/mol. The van der Waals surface area contributed by atoms with E-state index >= 15 is 0 Å². The maximum atomic E-state index is 13.6. The van der Waals surface area contributed by atoms with E-state index in [1.807, 2.05) is 48.5 Å². The Bertz CT molecular complexity index is 2400. The number of methoxy groups -OCH3 is 8. The van der Waals surface area contributed by atoms with Gasteiger partial charge in [-0.1, -0.05) is 74.5 Å². The van der Waals surface area contributed by atoms with Crippen LogP contribution in [0.1, 0.15) is 81.1 Å². The van der Waals surface area contributed by atoms with Gasteiger partial charge in [0.15, 0.2) is 28.8 Å². The Hall–Kier alpha value is -6.93. The highest BCUT2D eigenvalue weighted by Gasteiger charge is 2.27. The minimum Gasteiger partial charge on any atom is -0.493 e. The van der Waals surface area contributed by atoms with Crippen LogP contribution >= 0.6 is 0 Å². The van der Waals surface area contributed by atoms with Crippen LogP contribution < -0.4 is 37.9 Å². The van der Waals surface area contributed by atoms with Crippen molar-refractivity contribution in [3.8, 4) is 46.8 Å². The first-order valence-electron chi connectivity index (χ1n) is 19.8. The molecule has 0 aliphatic heterocycles. The fraction of sp³-hybridized carbons (Fsp3) is 0.312. The van der Waals surface area contributed by atoms with Crippen molar-refractivity contribution < 1.29 is 47.8 Å². The average molecular weight is 847 g/mol. The molecule has 6 rings (SSSR count). The number of ether oxygens (including phenoxy) is 8. The summed E-state index contributed by atoms with van der Waals surface area (Å²) in [7, 11) is 12.1. The molecule has 0 amide bonds. The maximum Gasteiger partial charge on any atom is 0.319 e. The lowest BCUT2D eigenvalue weighted by Crippen LogP contribution is -2.13. The van der Waals surface area contributed by atoms with Crippen LogP contribution in [-0.4, -0.2) is 87.7 Å². The average Bonchev–Trinajstić information content (AvgIpc) is 3.32. The molecule has 0 bridgehead atoms. The number of hydrogen-bond donors (Lipinski definition) is 1. The van der Waals surface area contributed by atoms with Gasteiger partial charge in [0.25, 0.3) is 0 Å². The second-order valence-electron chi connectivity index (χ2n) is 14.1. The zero-order chi connectivity index (χ0) is 44.8. The van der Waals surface area contributed by atoms with Crippen molar-refractivity contribution in [2.24, 2.45) is 0 Å². The summed E-state index contributed by atoms with van der Waals surface area (Å²) in [4.78, 5) is 30.1. The number of aromatic nitrogens is 4. The van der Waals surface area contributed by atoms with Crippen molar-refractivity contribution in [3.05, 3.63) is 142 Å².